The van der Waals surface area contributed by atoms with Crippen LogP contribution in [0.1, 0.15) is 52.3 Å². The molecule has 15 heavy (non-hydrogen) atoms. The molecule has 0 bridgehead atoms. The molecule has 0 saturated heterocycles. The summed E-state index contributed by atoms with van der Waals surface area (Å²) in [7, 11) is 0. The lowest BCUT2D eigenvalue weighted by Crippen LogP contribution is -2.29. The maximum atomic E-state index is 6.43. The molecule has 0 aromatic carbocycles. The van der Waals surface area contributed by atoms with E-state index in [1.165, 1.54) is 11.3 Å². The number of rotatable bonds is 1. The number of nitrogens with two attached hydrogens (primary N) is 1. The highest BCUT2D eigenvalue weighted by molar-refractivity contribution is 5.39. The van der Waals surface area contributed by atoms with E-state index in [9.17, 15) is 0 Å². The van der Waals surface area contributed by atoms with Gasteiger partial charge in [0.25, 0.3) is 0 Å². The molecular weight excluding hydrogens is 186 g/mol. The van der Waals surface area contributed by atoms with Crippen molar-refractivity contribution in [1.29, 1.82) is 0 Å². The van der Waals surface area contributed by atoms with E-state index in [-0.39, 0.29) is 16.4 Å². The molecule has 3 heteroatoms. The quantitative estimate of drug-likeness (QED) is 0.742. The van der Waals surface area contributed by atoms with Gasteiger partial charge in [0.05, 0.1) is 11.7 Å². The number of aromatic amines is 1. The second-order valence-electron chi connectivity index (χ2n) is 6.44. The zero-order valence-corrected chi connectivity index (χ0v) is 10.3. The van der Waals surface area contributed by atoms with Gasteiger partial charge in [-0.05, 0) is 11.8 Å². The van der Waals surface area contributed by atoms with Gasteiger partial charge in [-0.3, -0.25) is 5.10 Å². The molecule has 0 aliphatic heterocycles. The van der Waals surface area contributed by atoms with Crippen molar-refractivity contribution >= 4 is 0 Å². The van der Waals surface area contributed by atoms with Crippen LogP contribution in [-0.2, 0) is 11.0 Å². The first-order valence-electron chi connectivity index (χ1n) is 5.52. The zero-order chi connectivity index (χ0) is 11.5. The van der Waals surface area contributed by atoms with Crippen molar-refractivity contribution < 1.29 is 0 Å². The van der Waals surface area contributed by atoms with Crippen molar-refractivity contribution in [3.63, 3.8) is 0 Å². The second kappa shape index (κ2) is 2.64. The Hall–Kier alpha value is -0.830. The van der Waals surface area contributed by atoms with Crippen LogP contribution in [0.5, 0.6) is 0 Å². The minimum Gasteiger partial charge on any atom is -0.321 e. The van der Waals surface area contributed by atoms with Crippen LogP contribution in [0.4, 0.5) is 0 Å². The zero-order valence-electron chi connectivity index (χ0n) is 10.3. The molecule has 1 aromatic heterocycles. The smallest absolute Gasteiger partial charge is 0.0541 e. The fourth-order valence-corrected chi connectivity index (χ4v) is 2.31. The first-order chi connectivity index (χ1) is 6.68. The monoisotopic (exact) mass is 207 g/mol. The van der Waals surface area contributed by atoms with Gasteiger partial charge in [0.15, 0.2) is 0 Å². The topological polar surface area (TPSA) is 54.7 Å². The van der Waals surface area contributed by atoms with Crippen LogP contribution >= 0.6 is 0 Å². The molecule has 1 unspecified atom stereocenters. The third-order valence-electron chi connectivity index (χ3n) is 3.67. The van der Waals surface area contributed by atoms with Crippen molar-refractivity contribution in [2.75, 3.05) is 0 Å². The maximum absolute atomic E-state index is 6.43. The van der Waals surface area contributed by atoms with E-state index in [1.54, 1.807) is 0 Å². The Morgan fingerprint density at radius 3 is 2.33 bits per heavy atom. The van der Waals surface area contributed by atoms with Crippen LogP contribution < -0.4 is 5.73 Å². The van der Waals surface area contributed by atoms with Gasteiger partial charge in [0.2, 0.25) is 0 Å². The number of hydrogen-bond acceptors (Lipinski definition) is 2. The fraction of sp³-hybridized carbons (Fsp3) is 0.750. The molecule has 1 aliphatic carbocycles. The molecule has 3 nitrogen and oxygen atoms in total. The molecule has 1 saturated carbocycles. The van der Waals surface area contributed by atoms with Gasteiger partial charge in [-0.25, -0.2) is 0 Å². The Balaban J connectivity index is 2.44. The van der Waals surface area contributed by atoms with Crippen LogP contribution in [0.3, 0.4) is 0 Å². The highest BCUT2D eigenvalue weighted by atomic mass is 15.1. The molecule has 3 N–H and O–H groups in total. The Kier molecular flexibility index (Phi) is 1.88. The van der Waals surface area contributed by atoms with Crippen molar-refractivity contribution in [2.45, 2.75) is 52.0 Å². The summed E-state index contributed by atoms with van der Waals surface area (Å²) in [5, 5.41) is 7.26. The molecule has 1 fully saturated rings. The highest BCUT2D eigenvalue weighted by Gasteiger charge is 2.61. The predicted octanol–water partition coefficient (Wildman–Crippen LogP) is 2.29. The lowest BCUT2D eigenvalue weighted by molar-refractivity contribution is 0.488. The van der Waals surface area contributed by atoms with E-state index in [0.29, 0.717) is 0 Å². The van der Waals surface area contributed by atoms with Gasteiger partial charge in [-0.1, -0.05) is 34.6 Å². The van der Waals surface area contributed by atoms with Gasteiger partial charge >= 0.3 is 0 Å². The molecule has 0 amide bonds. The normalized spacial score (nSPS) is 29.2. The van der Waals surface area contributed by atoms with Gasteiger partial charge in [-0.2, -0.15) is 5.10 Å². The Morgan fingerprint density at radius 2 is 1.93 bits per heavy atom. The summed E-state index contributed by atoms with van der Waals surface area (Å²) in [5.41, 5.74) is 8.91. The average molecular weight is 207 g/mol. The molecule has 0 radical (unpaired) electrons. The molecule has 0 spiro atoms. The lowest BCUT2D eigenvalue weighted by atomic mass is 9.85. The van der Waals surface area contributed by atoms with Crippen LogP contribution in [0.25, 0.3) is 0 Å². The van der Waals surface area contributed by atoms with Crippen molar-refractivity contribution in [1.82, 2.24) is 10.2 Å². The van der Waals surface area contributed by atoms with E-state index < -0.39 is 0 Å². The molecule has 1 heterocycles. The maximum Gasteiger partial charge on any atom is 0.0541 e. The average Bonchev–Trinajstić information content (AvgIpc) is 2.51. The van der Waals surface area contributed by atoms with E-state index in [4.69, 9.17) is 5.73 Å². The van der Waals surface area contributed by atoms with E-state index in [1.807, 2.05) is 6.20 Å². The number of H-pyrrole nitrogens is 1. The number of nitrogens with zero attached hydrogens (tertiary/aromatic N) is 1. The summed E-state index contributed by atoms with van der Waals surface area (Å²) in [6.07, 6.45) is 2.94. The molecule has 1 aromatic rings. The molecular formula is C12H21N3. The number of nitrogens with one attached hydrogen (secondary N) is 1. The first-order valence-corrected chi connectivity index (χ1v) is 5.52. The minimum atomic E-state index is -0.178. The summed E-state index contributed by atoms with van der Waals surface area (Å²) < 4.78 is 0. The second-order valence-corrected chi connectivity index (χ2v) is 6.44. The van der Waals surface area contributed by atoms with Gasteiger partial charge in [0, 0.05) is 16.7 Å². The highest BCUT2D eigenvalue weighted by Crippen LogP contribution is 2.61. The van der Waals surface area contributed by atoms with Crippen LogP contribution in [0, 0.1) is 5.41 Å². The Bertz CT molecular complexity index is 384. The molecule has 1 atom stereocenters. The van der Waals surface area contributed by atoms with Crippen LogP contribution in [-0.4, -0.2) is 10.2 Å². The number of aromatic nitrogens is 2. The fourth-order valence-electron chi connectivity index (χ4n) is 2.31. The third kappa shape index (κ3) is 1.41. The van der Waals surface area contributed by atoms with Crippen molar-refractivity contribution in [2.24, 2.45) is 11.1 Å². The molecule has 1 aliphatic rings. The van der Waals surface area contributed by atoms with Crippen LogP contribution in [0.15, 0.2) is 6.20 Å². The van der Waals surface area contributed by atoms with Gasteiger partial charge in [-0.15, -0.1) is 0 Å². The van der Waals surface area contributed by atoms with Gasteiger partial charge < -0.3 is 5.73 Å². The number of hydrogen-bond donors (Lipinski definition) is 2. The van der Waals surface area contributed by atoms with Crippen molar-refractivity contribution in [3.05, 3.63) is 17.5 Å². The summed E-state index contributed by atoms with van der Waals surface area (Å²) >= 11 is 0. The summed E-state index contributed by atoms with van der Waals surface area (Å²) in [6.45, 7) is 11.0. The molecule has 84 valence electrons. The molecule has 2 rings (SSSR count). The first kappa shape index (κ1) is 10.7. The van der Waals surface area contributed by atoms with Crippen LogP contribution in [0.2, 0.25) is 0 Å². The lowest BCUT2D eigenvalue weighted by Gasteiger charge is -2.23. The van der Waals surface area contributed by atoms with Gasteiger partial charge in [0.1, 0.15) is 0 Å². The largest absolute Gasteiger partial charge is 0.321 e. The summed E-state index contributed by atoms with van der Waals surface area (Å²) in [4.78, 5) is 0. The Morgan fingerprint density at radius 1 is 1.40 bits per heavy atom. The predicted molar refractivity (Wildman–Crippen MR) is 61.6 cm³/mol. The third-order valence-corrected chi connectivity index (χ3v) is 3.67. The van der Waals surface area contributed by atoms with E-state index >= 15 is 0 Å². The van der Waals surface area contributed by atoms with Crippen molar-refractivity contribution in [3.8, 4) is 0 Å². The standard InChI is InChI=1S/C12H21N3/c1-10(2,3)9-8(6-14-15-9)12(13)7-11(12,4)5/h6H,7,13H2,1-5H3,(H,14,15). The van der Waals surface area contributed by atoms with E-state index in [0.717, 1.165) is 6.42 Å². The Labute approximate surface area is 91.4 Å². The minimum absolute atomic E-state index is 0.0802. The van der Waals surface area contributed by atoms with E-state index in [2.05, 4.69) is 44.8 Å². The SMILES string of the molecule is CC(C)(C)c1[nH]ncc1C1(N)CC1(C)C. The summed E-state index contributed by atoms with van der Waals surface area (Å²) in [5.74, 6) is 0. The summed E-state index contributed by atoms with van der Waals surface area (Å²) in [6, 6.07) is 0.